The minimum absolute atomic E-state index is 0.0680. The molecule has 0 saturated carbocycles. The quantitative estimate of drug-likeness (QED) is 0.810. The molecule has 0 aromatic heterocycles. The Kier molecular flexibility index (Phi) is 4.04. The van der Waals surface area contributed by atoms with Gasteiger partial charge in [0.2, 0.25) is 5.91 Å². The minimum atomic E-state index is -0.415. The summed E-state index contributed by atoms with van der Waals surface area (Å²) in [6.07, 6.45) is 3.18. The second-order valence-electron chi connectivity index (χ2n) is 4.68. The second-order valence-corrected chi connectivity index (χ2v) is 5.92. The van der Waals surface area contributed by atoms with Crippen molar-refractivity contribution in [1.82, 2.24) is 5.32 Å². The first-order chi connectivity index (χ1) is 8.10. The Bertz CT molecular complexity index is 396. The van der Waals surface area contributed by atoms with Gasteiger partial charge in [-0.15, -0.1) is 0 Å². The zero-order chi connectivity index (χ0) is 12.3. The minimum Gasteiger partial charge on any atom is -0.324 e. The van der Waals surface area contributed by atoms with Crippen LogP contribution in [0.5, 0.6) is 0 Å². The highest BCUT2D eigenvalue weighted by atomic mass is 127. The molecule has 17 heavy (non-hydrogen) atoms. The van der Waals surface area contributed by atoms with Gasteiger partial charge >= 0.3 is 0 Å². The highest BCUT2D eigenvalue weighted by Gasteiger charge is 2.34. The van der Waals surface area contributed by atoms with Crippen LogP contribution < -0.4 is 10.6 Å². The van der Waals surface area contributed by atoms with Gasteiger partial charge in [-0.25, -0.2) is 0 Å². The van der Waals surface area contributed by atoms with E-state index in [9.17, 15) is 4.79 Å². The number of carbonyl (C=O) groups excluding carboxylic acids is 1. The lowest BCUT2D eigenvalue weighted by Crippen LogP contribution is -2.54. The van der Waals surface area contributed by atoms with E-state index in [0.29, 0.717) is 0 Å². The van der Waals surface area contributed by atoms with E-state index in [0.717, 1.165) is 31.5 Å². The van der Waals surface area contributed by atoms with Crippen LogP contribution in [0.1, 0.15) is 26.2 Å². The van der Waals surface area contributed by atoms with Gasteiger partial charge in [-0.1, -0.05) is 0 Å². The van der Waals surface area contributed by atoms with Crippen molar-refractivity contribution < 1.29 is 4.79 Å². The van der Waals surface area contributed by atoms with Crippen molar-refractivity contribution in [2.45, 2.75) is 31.7 Å². The fourth-order valence-electron chi connectivity index (χ4n) is 2.05. The summed E-state index contributed by atoms with van der Waals surface area (Å²) in [5, 5.41) is 6.29. The lowest BCUT2D eigenvalue weighted by atomic mass is 9.90. The van der Waals surface area contributed by atoms with E-state index < -0.39 is 5.54 Å². The van der Waals surface area contributed by atoms with Gasteiger partial charge in [0, 0.05) is 9.26 Å². The van der Waals surface area contributed by atoms with Gasteiger partial charge in [-0.2, -0.15) is 0 Å². The Morgan fingerprint density at radius 2 is 2.06 bits per heavy atom. The Labute approximate surface area is 116 Å². The lowest BCUT2D eigenvalue weighted by Gasteiger charge is -2.33. The number of halogens is 1. The van der Waals surface area contributed by atoms with Crippen LogP contribution in [0.3, 0.4) is 0 Å². The van der Waals surface area contributed by atoms with Gasteiger partial charge in [0.15, 0.2) is 0 Å². The van der Waals surface area contributed by atoms with E-state index in [1.54, 1.807) is 0 Å². The third kappa shape index (κ3) is 3.19. The van der Waals surface area contributed by atoms with Gasteiger partial charge in [0.05, 0.1) is 5.54 Å². The van der Waals surface area contributed by atoms with Crippen LogP contribution in [0.2, 0.25) is 0 Å². The number of carbonyl (C=O) groups is 1. The third-order valence-electron chi connectivity index (χ3n) is 3.22. The van der Waals surface area contributed by atoms with E-state index in [1.807, 2.05) is 31.2 Å². The van der Waals surface area contributed by atoms with Crippen molar-refractivity contribution in [2.24, 2.45) is 0 Å². The molecule has 1 aliphatic heterocycles. The summed E-state index contributed by atoms with van der Waals surface area (Å²) in [5.74, 6) is 0.0680. The average molecular weight is 344 g/mol. The molecule has 92 valence electrons. The van der Waals surface area contributed by atoms with Crippen molar-refractivity contribution in [3.8, 4) is 0 Å². The van der Waals surface area contributed by atoms with Gasteiger partial charge in [0.25, 0.3) is 0 Å². The molecule has 0 spiro atoms. The standard InChI is InChI=1S/C13H17IN2O/c1-13(8-2-3-9-15-13)12(17)16-11-6-4-10(14)5-7-11/h4-7,15H,2-3,8-9H2,1H3,(H,16,17). The number of piperidine rings is 1. The number of hydrogen-bond acceptors (Lipinski definition) is 2. The van der Waals surface area contributed by atoms with Gasteiger partial charge in [-0.05, 0) is 79.6 Å². The van der Waals surface area contributed by atoms with Gasteiger partial charge in [-0.3, -0.25) is 4.79 Å². The molecule has 0 radical (unpaired) electrons. The molecule has 1 atom stereocenters. The number of anilines is 1. The van der Waals surface area contributed by atoms with Crippen molar-refractivity contribution in [3.05, 3.63) is 27.8 Å². The molecule has 1 heterocycles. The molecule has 1 fully saturated rings. The third-order valence-corrected chi connectivity index (χ3v) is 3.94. The van der Waals surface area contributed by atoms with Crippen LogP contribution in [0.4, 0.5) is 5.69 Å². The normalized spacial score (nSPS) is 24.4. The first-order valence-electron chi connectivity index (χ1n) is 5.92. The summed E-state index contributed by atoms with van der Waals surface area (Å²) in [6.45, 7) is 2.91. The molecule has 1 unspecified atom stereocenters. The topological polar surface area (TPSA) is 41.1 Å². The molecule has 2 rings (SSSR count). The molecule has 0 aliphatic carbocycles. The van der Waals surface area contributed by atoms with Crippen molar-refractivity contribution in [3.63, 3.8) is 0 Å². The van der Waals surface area contributed by atoms with Crippen LogP contribution in [-0.4, -0.2) is 18.0 Å². The molecule has 1 aromatic carbocycles. The van der Waals surface area contributed by atoms with Crippen LogP contribution in [0.25, 0.3) is 0 Å². The molecule has 2 N–H and O–H groups in total. The zero-order valence-corrected chi connectivity index (χ0v) is 12.1. The van der Waals surface area contributed by atoms with Gasteiger partial charge in [0.1, 0.15) is 0 Å². The first-order valence-corrected chi connectivity index (χ1v) is 7.00. The Morgan fingerprint density at radius 3 is 2.65 bits per heavy atom. The van der Waals surface area contributed by atoms with Gasteiger partial charge < -0.3 is 10.6 Å². The molecular weight excluding hydrogens is 327 g/mol. The van der Waals surface area contributed by atoms with Crippen molar-refractivity contribution in [1.29, 1.82) is 0 Å². The van der Waals surface area contributed by atoms with E-state index in [2.05, 4.69) is 33.2 Å². The maximum absolute atomic E-state index is 12.2. The lowest BCUT2D eigenvalue weighted by molar-refractivity contribution is -0.122. The smallest absolute Gasteiger partial charge is 0.244 e. The molecule has 1 aromatic rings. The monoisotopic (exact) mass is 344 g/mol. The predicted molar refractivity (Wildman–Crippen MR) is 78.0 cm³/mol. The summed E-state index contributed by atoms with van der Waals surface area (Å²) >= 11 is 2.25. The largest absolute Gasteiger partial charge is 0.324 e. The first kappa shape index (κ1) is 12.8. The van der Waals surface area contributed by atoms with E-state index in [-0.39, 0.29) is 5.91 Å². The van der Waals surface area contributed by atoms with Crippen molar-refractivity contribution in [2.75, 3.05) is 11.9 Å². The predicted octanol–water partition coefficient (Wildman–Crippen LogP) is 2.76. The number of rotatable bonds is 2. The molecule has 1 aliphatic rings. The number of amides is 1. The fourth-order valence-corrected chi connectivity index (χ4v) is 2.41. The van der Waals surface area contributed by atoms with Crippen LogP contribution in [0, 0.1) is 3.57 Å². The molecule has 1 saturated heterocycles. The van der Waals surface area contributed by atoms with Crippen molar-refractivity contribution >= 4 is 34.2 Å². The van der Waals surface area contributed by atoms with Crippen LogP contribution >= 0.6 is 22.6 Å². The van der Waals surface area contributed by atoms with E-state index >= 15 is 0 Å². The molecule has 4 heteroatoms. The maximum Gasteiger partial charge on any atom is 0.244 e. The Balaban J connectivity index is 2.03. The Hall–Kier alpha value is -0.620. The Morgan fingerprint density at radius 1 is 1.35 bits per heavy atom. The number of hydrogen-bond donors (Lipinski definition) is 2. The second kappa shape index (κ2) is 5.35. The van der Waals surface area contributed by atoms with E-state index in [1.165, 1.54) is 3.57 Å². The number of nitrogens with one attached hydrogen (secondary N) is 2. The van der Waals surface area contributed by atoms with E-state index in [4.69, 9.17) is 0 Å². The number of benzene rings is 1. The summed E-state index contributed by atoms with van der Waals surface area (Å²) in [6, 6.07) is 7.86. The summed E-state index contributed by atoms with van der Waals surface area (Å²) in [7, 11) is 0. The average Bonchev–Trinajstić information content (AvgIpc) is 2.33. The summed E-state index contributed by atoms with van der Waals surface area (Å²) < 4.78 is 1.17. The van der Waals surface area contributed by atoms with Crippen LogP contribution in [-0.2, 0) is 4.79 Å². The highest BCUT2D eigenvalue weighted by Crippen LogP contribution is 2.21. The molecule has 0 bridgehead atoms. The SMILES string of the molecule is CC1(C(=O)Nc2ccc(I)cc2)CCCCN1. The zero-order valence-electron chi connectivity index (χ0n) is 9.92. The molecule has 3 nitrogen and oxygen atoms in total. The molecule has 1 amide bonds. The fraction of sp³-hybridized carbons (Fsp3) is 0.462. The highest BCUT2D eigenvalue weighted by molar-refractivity contribution is 14.1. The summed E-state index contributed by atoms with van der Waals surface area (Å²) in [4.78, 5) is 12.2. The maximum atomic E-state index is 12.2. The van der Waals surface area contributed by atoms with Crippen LogP contribution in [0.15, 0.2) is 24.3 Å². The summed E-state index contributed by atoms with van der Waals surface area (Å²) in [5.41, 5.74) is 0.449. The molecular formula is C13H17IN2O.